The van der Waals surface area contributed by atoms with E-state index in [1.165, 1.54) is 0 Å². The summed E-state index contributed by atoms with van der Waals surface area (Å²) in [4.78, 5) is 0. The molecule has 4 N–H and O–H groups in total. The minimum Gasteiger partial charge on any atom is -0.394 e. The van der Waals surface area contributed by atoms with Crippen LogP contribution in [0.1, 0.15) is 32.6 Å². The summed E-state index contributed by atoms with van der Waals surface area (Å²) in [6, 6.07) is 0. The molecular formula is C12H24O6. The molecule has 0 spiro atoms. The Morgan fingerprint density at radius 1 is 1.00 bits per heavy atom. The Bertz CT molecular complexity index is 223. The van der Waals surface area contributed by atoms with E-state index in [0.29, 0.717) is 6.61 Å². The molecule has 1 aliphatic rings. The summed E-state index contributed by atoms with van der Waals surface area (Å²) in [5.41, 5.74) is 0. The second-order valence-electron chi connectivity index (χ2n) is 4.63. The van der Waals surface area contributed by atoms with Gasteiger partial charge in [0.25, 0.3) is 0 Å². The molecule has 6 nitrogen and oxygen atoms in total. The number of hydrogen-bond donors (Lipinski definition) is 4. The topological polar surface area (TPSA) is 99.4 Å². The summed E-state index contributed by atoms with van der Waals surface area (Å²) in [6.07, 6.45) is -1.75. The molecule has 0 aromatic carbocycles. The van der Waals surface area contributed by atoms with Crippen molar-refractivity contribution < 1.29 is 29.9 Å². The van der Waals surface area contributed by atoms with Gasteiger partial charge in [-0.15, -0.1) is 0 Å². The maximum absolute atomic E-state index is 9.68. The lowest BCUT2D eigenvalue weighted by Gasteiger charge is -2.39. The molecule has 18 heavy (non-hydrogen) atoms. The molecule has 0 aromatic rings. The Kier molecular flexibility index (Phi) is 7.06. The van der Waals surface area contributed by atoms with Crippen molar-refractivity contribution in [3.05, 3.63) is 0 Å². The van der Waals surface area contributed by atoms with Crippen LogP contribution < -0.4 is 0 Å². The van der Waals surface area contributed by atoms with Gasteiger partial charge in [-0.3, -0.25) is 0 Å². The summed E-state index contributed by atoms with van der Waals surface area (Å²) in [5.74, 6) is 0. The largest absolute Gasteiger partial charge is 0.394 e. The van der Waals surface area contributed by atoms with Gasteiger partial charge in [0.1, 0.15) is 24.4 Å². The maximum Gasteiger partial charge on any atom is 0.186 e. The zero-order valence-corrected chi connectivity index (χ0v) is 10.7. The van der Waals surface area contributed by atoms with Crippen molar-refractivity contribution in [2.45, 2.75) is 63.3 Å². The van der Waals surface area contributed by atoms with E-state index in [1.54, 1.807) is 0 Å². The zero-order valence-electron chi connectivity index (χ0n) is 10.7. The Morgan fingerprint density at radius 3 is 2.33 bits per heavy atom. The van der Waals surface area contributed by atoms with E-state index < -0.39 is 37.3 Å². The van der Waals surface area contributed by atoms with Crippen molar-refractivity contribution >= 4 is 0 Å². The minimum absolute atomic E-state index is 0.419. The highest BCUT2D eigenvalue weighted by Gasteiger charge is 2.43. The Hall–Kier alpha value is -0.240. The van der Waals surface area contributed by atoms with Gasteiger partial charge in [-0.25, -0.2) is 0 Å². The summed E-state index contributed by atoms with van der Waals surface area (Å²) in [5, 5.41) is 37.8. The van der Waals surface area contributed by atoms with Gasteiger partial charge in [0.05, 0.1) is 6.61 Å². The monoisotopic (exact) mass is 264 g/mol. The van der Waals surface area contributed by atoms with Gasteiger partial charge < -0.3 is 29.9 Å². The molecule has 0 radical (unpaired) electrons. The quantitative estimate of drug-likeness (QED) is 0.458. The molecule has 1 rings (SSSR count). The molecule has 2 unspecified atom stereocenters. The standard InChI is InChI=1S/C12H24O6/c1-2-3-4-5-6-17-12-11(16)10(15)9(14)8(7-13)18-12/h8-16H,2-7H2,1H3/t8?,9-,10+,11?,12-/m1/s1. The molecule has 0 aromatic heterocycles. The fourth-order valence-electron chi connectivity index (χ4n) is 1.93. The van der Waals surface area contributed by atoms with E-state index in [9.17, 15) is 15.3 Å². The lowest BCUT2D eigenvalue weighted by molar-refractivity contribution is -0.301. The smallest absolute Gasteiger partial charge is 0.186 e. The van der Waals surface area contributed by atoms with Crippen molar-refractivity contribution in [3.8, 4) is 0 Å². The van der Waals surface area contributed by atoms with Gasteiger partial charge in [-0.05, 0) is 6.42 Å². The van der Waals surface area contributed by atoms with Crippen LogP contribution in [0.15, 0.2) is 0 Å². The third-order valence-corrected chi connectivity index (χ3v) is 3.13. The second-order valence-corrected chi connectivity index (χ2v) is 4.63. The first-order chi connectivity index (χ1) is 8.61. The van der Waals surface area contributed by atoms with Crippen LogP contribution in [0.4, 0.5) is 0 Å². The highest BCUT2D eigenvalue weighted by atomic mass is 16.7. The van der Waals surface area contributed by atoms with Crippen LogP contribution in [0, 0.1) is 0 Å². The molecule has 5 atom stereocenters. The molecule has 1 heterocycles. The molecule has 0 saturated carbocycles. The SMILES string of the molecule is CCCCCCO[C@@H]1OC(CO)[C@@H](O)[C@H](O)C1O. The molecule has 108 valence electrons. The van der Waals surface area contributed by atoms with E-state index >= 15 is 0 Å². The van der Waals surface area contributed by atoms with E-state index in [1.807, 2.05) is 0 Å². The zero-order chi connectivity index (χ0) is 13.5. The van der Waals surface area contributed by atoms with Gasteiger partial charge in [0, 0.05) is 6.61 Å². The van der Waals surface area contributed by atoms with Crippen molar-refractivity contribution in [2.75, 3.05) is 13.2 Å². The van der Waals surface area contributed by atoms with Gasteiger partial charge in [-0.1, -0.05) is 26.2 Å². The molecule has 1 aliphatic heterocycles. The Morgan fingerprint density at radius 2 is 1.72 bits per heavy atom. The van der Waals surface area contributed by atoms with Gasteiger partial charge in [0.2, 0.25) is 0 Å². The fraction of sp³-hybridized carbons (Fsp3) is 1.00. The van der Waals surface area contributed by atoms with Crippen molar-refractivity contribution in [1.82, 2.24) is 0 Å². The maximum atomic E-state index is 9.68. The predicted molar refractivity (Wildman–Crippen MR) is 63.9 cm³/mol. The lowest BCUT2D eigenvalue weighted by Crippen LogP contribution is -2.59. The molecular weight excluding hydrogens is 240 g/mol. The first-order valence-electron chi connectivity index (χ1n) is 6.54. The third kappa shape index (κ3) is 4.15. The number of rotatable bonds is 7. The third-order valence-electron chi connectivity index (χ3n) is 3.13. The number of aliphatic hydroxyl groups is 4. The number of unbranched alkanes of at least 4 members (excludes halogenated alkanes) is 3. The summed E-state index contributed by atoms with van der Waals surface area (Å²) in [7, 11) is 0. The first kappa shape index (κ1) is 15.8. The summed E-state index contributed by atoms with van der Waals surface area (Å²) < 4.78 is 10.5. The van der Waals surface area contributed by atoms with Crippen LogP contribution >= 0.6 is 0 Å². The van der Waals surface area contributed by atoms with E-state index in [4.69, 9.17) is 14.6 Å². The van der Waals surface area contributed by atoms with E-state index in [2.05, 4.69) is 6.92 Å². The summed E-state index contributed by atoms with van der Waals surface area (Å²) >= 11 is 0. The van der Waals surface area contributed by atoms with Crippen molar-refractivity contribution in [2.24, 2.45) is 0 Å². The Balaban J connectivity index is 2.35. The number of ether oxygens (including phenoxy) is 2. The lowest BCUT2D eigenvalue weighted by atomic mass is 9.99. The molecule has 1 saturated heterocycles. The highest BCUT2D eigenvalue weighted by Crippen LogP contribution is 2.22. The van der Waals surface area contributed by atoms with Crippen LogP contribution in [0.2, 0.25) is 0 Å². The van der Waals surface area contributed by atoms with E-state index in [0.717, 1.165) is 25.7 Å². The average molecular weight is 264 g/mol. The average Bonchev–Trinajstić information content (AvgIpc) is 2.38. The van der Waals surface area contributed by atoms with Crippen LogP contribution in [0.25, 0.3) is 0 Å². The van der Waals surface area contributed by atoms with Gasteiger partial charge in [0.15, 0.2) is 6.29 Å². The fourth-order valence-corrected chi connectivity index (χ4v) is 1.93. The molecule has 0 bridgehead atoms. The van der Waals surface area contributed by atoms with Gasteiger partial charge in [-0.2, -0.15) is 0 Å². The number of aliphatic hydroxyl groups excluding tert-OH is 4. The number of hydrogen-bond acceptors (Lipinski definition) is 6. The molecule has 0 aliphatic carbocycles. The predicted octanol–water partition coefficient (Wildman–Crippen LogP) is -0.617. The van der Waals surface area contributed by atoms with Gasteiger partial charge >= 0.3 is 0 Å². The van der Waals surface area contributed by atoms with Crippen LogP contribution in [0.3, 0.4) is 0 Å². The van der Waals surface area contributed by atoms with Crippen molar-refractivity contribution in [3.63, 3.8) is 0 Å². The molecule has 1 fully saturated rings. The van der Waals surface area contributed by atoms with Crippen LogP contribution in [-0.4, -0.2) is 64.3 Å². The van der Waals surface area contributed by atoms with Crippen LogP contribution in [0.5, 0.6) is 0 Å². The minimum atomic E-state index is -1.36. The van der Waals surface area contributed by atoms with E-state index in [-0.39, 0.29) is 0 Å². The second kappa shape index (κ2) is 8.04. The first-order valence-corrected chi connectivity index (χ1v) is 6.54. The Labute approximate surface area is 107 Å². The van der Waals surface area contributed by atoms with Crippen molar-refractivity contribution in [1.29, 1.82) is 0 Å². The molecule has 0 amide bonds. The molecule has 6 heteroatoms. The normalized spacial score (nSPS) is 36.8. The highest BCUT2D eigenvalue weighted by molar-refractivity contribution is 4.88. The summed E-state index contributed by atoms with van der Waals surface area (Å²) in [6.45, 7) is 2.10. The van der Waals surface area contributed by atoms with Crippen LogP contribution in [-0.2, 0) is 9.47 Å².